The maximum Gasteiger partial charge on any atom is 0.263 e. The van der Waals surface area contributed by atoms with Crippen LogP contribution in [0.1, 0.15) is 40.7 Å². The third kappa shape index (κ3) is 4.05. The molecule has 1 amide bonds. The zero-order valence-electron chi connectivity index (χ0n) is 12.8. The van der Waals surface area contributed by atoms with Crippen LogP contribution in [-0.2, 0) is 6.42 Å². The summed E-state index contributed by atoms with van der Waals surface area (Å²) < 4.78 is 0. The molecule has 0 fully saturated rings. The highest BCUT2D eigenvalue weighted by atomic mass is 32.1. The summed E-state index contributed by atoms with van der Waals surface area (Å²) in [4.78, 5) is 16.9. The van der Waals surface area contributed by atoms with Gasteiger partial charge in [-0.3, -0.25) is 4.79 Å². The number of aliphatic hydroxyl groups excluding tert-OH is 1. The van der Waals surface area contributed by atoms with Gasteiger partial charge in [-0.15, -0.1) is 0 Å². The summed E-state index contributed by atoms with van der Waals surface area (Å²) in [6.07, 6.45) is 2.51. The van der Waals surface area contributed by atoms with Gasteiger partial charge in [0.25, 0.3) is 5.91 Å². The van der Waals surface area contributed by atoms with Gasteiger partial charge in [-0.05, 0) is 24.5 Å². The minimum atomic E-state index is -0.414. The Morgan fingerprint density at radius 2 is 2.05 bits per heavy atom. The van der Waals surface area contributed by atoms with Gasteiger partial charge >= 0.3 is 0 Å². The highest BCUT2D eigenvalue weighted by molar-refractivity contribution is 7.17. The van der Waals surface area contributed by atoms with Gasteiger partial charge in [0.05, 0.1) is 18.8 Å². The van der Waals surface area contributed by atoms with Crippen LogP contribution in [-0.4, -0.2) is 29.1 Å². The van der Waals surface area contributed by atoms with Crippen molar-refractivity contribution in [2.45, 2.75) is 26.3 Å². The summed E-state index contributed by atoms with van der Waals surface area (Å²) in [5.41, 5.74) is 2.12. The predicted octanol–water partition coefficient (Wildman–Crippen LogP) is 2.60. The van der Waals surface area contributed by atoms with Crippen molar-refractivity contribution >= 4 is 22.4 Å². The number of hydrogen-bond acceptors (Lipinski definition) is 5. The molecule has 0 spiro atoms. The molecule has 2 aromatic rings. The molecular weight excluding hydrogens is 298 g/mol. The average molecular weight is 319 g/mol. The van der Waals surface area contributed by atoms with Crippen LogP contribution >= 0.6 is 11.3 Å². The van der Waals surface area contributed by atoms with Crippen LogP contribution in [0.25, 0.3) is 0 Å². The van der Waals surface area contributed by atoms with Crippen LogP contribution < -0.4 is 10.6 Å². The molecule has 0 bridgehead atoms. The van der Waals surface area contributed by atoms with E-state index in [-0.39, 0.29) is 12.5 Å². The Morgan fingerprint density at radius 1 is 1.32 bits per heavy atom. The lowest BCUT2D eigenvalue weighted by molar-refractivity contribution is 0.0920. The first kappa shape index (κ1) is 16.5. The van der Waals surface area contributed by atoms with Crippen molar-refractivity contribution in [1.82, 2.24) is 10.3 Å². The van der Waals surface area contributed by atoms with Crippen molar-refractivity contribution < 1.29 is 9.90 Å². The van der Waals surface area contributed by atoms with Crippen molar-refractivity contribution in [3.63, 3.8) is 0 Å². The van der Waals surface area contributed by atoms with Gasteiger partial charge < -0.3 is 15.7 Å². The summed E-state index contributed by atoms with van der Waals surface area (Å²) >= 11 is 1.30. The number of anilines is 1. The quantitative estimate of drug-likeness (QED) is 0.733. The number of aliphatic hydroxyl groups is 1. The Morgan fingerprint density at radius 3 is 2.64 bits per heavy atom. The van der Waals surface area contributed by atoms with E-state index in [4.69, 9.17) is 0 Å². The maximum atomic E-state index is 12.2. The SMILES string of the molecule is CCNc1ncc(C(=O)NC(CO)c2ccc(CC)cc2)s1. The van der Waals surface area contributed by atoms with Crippen molar-refractivity contribution in [2.24, 2.45) is 0 Å². The van der Waals surface area contributed by atoms with Crippen LogP contribution in [0.15, 0.2) is 30.5 Å². The number of aromatic nitrogens is 1. The molecule has 1 aromatic carbocycles. The standard InChI is InChI=1S/C16H21N3O2S/c1-3-11-5-7-12(8-6-11)13(10-20)19-15(21)14-9-18-16(22-14)17-4-2/h5-9,13,20H,3-4,10H2,1-2H3,(H,17,18)(H,19,21). The second-order valence-electron chi connectivity index (χ2n) is 4.86. The van der Waals surface area contributed by atoms with E-state index in [1.54, 1.807) is 6.20 Å². The lowest BCUT2D eigenvalue weighted by Gasteiger charge is -2.16. The van der Waals surface area contributed by atoms with E-state index >= 15 is 0 Å². The normalized spacial score (nSPS) is 12.0. The number of aryl methyl sites for hydroxylation is 1. The highest BCUT2D eigenvalue weighted by Crippen LogP contribution is 2.20. The predicted molar refractivity (Wildman–Crippen MR) is 89.4 cm³/mol. The van der Waals surface area contributed by atoms with Crippen molar-refractivity contribution in [3.8, 4) is 0 Å². The Kier molecular flexibility index (Phi) is 5.91. The van der Waals surface area contributed by atoms with Gasteiger partial charge in [-0.2, -0.15) is 0 Å². The van der Waals surface area contributed by atoms with E-state index in [1.807, 2.05) is 31.2 Å². The first-order chi connectivity index (χ1) is 10.7. The summed E-state index contributed by atoms with van der Waals surface area (Å²) in [5, 5.41) is 16.2. The van der Waals surface area contributed by atoms with E-state index in [0.29, 0.717) is 4.88 Å². The number of nitrogens with zero attached hydrogens (tertiary/aromatic N) is 1. The Bertz CT molecular complexity index is 610. The minimum Gasteiger partial charge on any atom is -0.394 e. The third-order valence-electron chi connectivity index (χ3n) is 3.34. The molecule has 0 aliphatic carbocycles. The van der Waals surface area contributed by atoms with Gasteiger partial charge in [0.1, 0.15) is 4.88 Å². The van der Waals surface area contributed by atoms with Crippen LogP contribution in [0, 0.1) is 0 Å². The number of benzene rings is 1. The molecule has 1 aromatic heterocycles. The lowest BCUT2D eigenvalue weighted by Crippen LogP contribution is -2.30. The Balaban J connectivity index is 2.05. The molecule has 1 heterocycles. The molecule has 22 heavy (non-hydrogen) atoms. The molecule has 6 heteroatoms. The topological polar surface area (TPSA) is 74.2 Å². The molecule has 0 aliphatic rings. The largest absolute Gasteiger partial charge is 0.394 e. The van der Waals surface area contributed by atoms with Crippen molar-refractivity contribution in [1.29, 1.82) is 0 Å². The number of thiazole rings is 1. The van der Waals surface area contributed by atoms with Crippen LogP contribution in [0.5, 0.6) is 0 Å². The zero-order valence-corrected chi connectivity index (χ0v) is 13.6. The lowest BCUT2D eigenvalue weighted by atomic mass is 10.0. The molecule has 0 saturated carbocycles. The number of carbonyl (C=O) groups excluding carboxylic acids is 1. The number of nitrogens with one attached hydrogen (secondary N) is 2. The van der Waals surface area contributed by atoms with Crippen molar-refractivity contribution in [2.75, 3.05) is 18.5 Å². The van der Waals surface area contributed by atoms with Gasteiger partial charge in [-0.1, -0.05) is 42.5 Å². The third-order valence-corrected chi connectivity index (χ3v) is 4.29. The monoisotopic (exact) mass is 319 g/mol. The number of rotatable bonds is 7. The Hall–Kier alpha value is -1.92. The van der Waals surface area contributed by atoms with Gasteiger partial charge in [-0.25, -0.2) is 4.98 Å². The average Bonchev–Trinajstić information content (AvgIpc) is 3.02. The fraction of sp³-hybridized carbons (Fsp3) is 0.375. The number of amides is 1. The summed E-state index contributed by atoms with van der Waals surface area (Å²) in [6.45, 7) is 4.68. The molecule has 5 nitrogen and oxygen atoms in total. The number of hydrogen-bond donors (Lipinski definition) is 3. The molecule has 0 radical (unpaired) electrons. The second kappa shape index (κ2) is 7.91. The Labute approximate surface area is 134 Å². The summed E-state index contributed by atoms with van der Waals surface area (Å²) in [5.74, 6) is -0.222. The summed E-state index contributed by atoms with van der Waals surface area (Å²) in [6, 6.07) is 7.50. The molecule has 1 atom stereocenters. The molecule has 3 N–H and O–H groups in total. The molecule has 2 rings (SSSR count). The summed E-state index contributed by atoms with van der Waals surface area (Å²) in [7, 11) is 0. The first-order valence-corrected chi connectivity index (χ1v) is 8.19. The molecular formula is C16H21N3O2S. The molecule has 1 unspecified atom stereocenters. The van der Waals surface area contributed by atoms with Crippen LogP contribution in [0.4, 0.5) is 5.13 Å². The van der Waals surface area contributed by atoms with Gasteiger partial charge in [0, 0.05) is 6.54 Å². The van der Waals surface area contributed by atoms with E-state index in [9.17, 15) is 9.90 Å². The minimum absolute atomic E-state index is 0.143. The fourth-order valence-electron chi connectivity index (χ4n) is 2.06. The van der Waals surface area contributed by atoms with Crippen molar-refractivity contribution in [3.05, 3.63) is 46.5 Å². The highest BCUT2D eigenvalue weighted by Gasteiger charge is 2.17. The molecule has 0 saturated heterocycles. The zero-order chi connectivity index (χ0) is 15.9. The van der Waals surface area contributed by atoms with E-state index < -0.39 is 6.04 Å². The first-order valence-electron chi connectivity index (χ1n) is 7.38. The number of carbonyl (C=O) groups is 1. The van der Waals surface area contributed by atoms with Crippen LogP contribution in [0.3, 0.4) is 0 Å². The smallest absolute Gasteiger partial charge is 0.263 e. The van der Waals surface area contributed by atoms with E-state index in [1.165, 1.54) is 16.9 Å². The van der Waals surface area contributed by atoms with E-state index in [2.05, 4.69) is 22.5 Å². The second-order valence-corrected chi connectivity index (χ2v) is 5.89. The van der Waals surface area contributed by atoms with Gasteiger partial charge in [0.15, 0.2) is 5.13 Å². The fourth-order valence-corrected chi connectivity index (χ4v) is 2.85. The maximum absolute atomic E-state index is 12.2. The van der Waals surface area contributed by atoms with Crippen LogP contribution in [0.2, 0.25) is 0 Å². The molecule has 118 valence electrons. The molecule has 0 aliphatic heterocycles. The van der Waals surface area contributed by atoms with E-state index in [0.717, 1.165) is 23.7 Å². The van der Waals surface area contributed by atoms with Gasteiger partial charge in [0.2, 0.25) is 0 Å².